The zero-order valence-electron chi connectivity index (χ0n) is 23.0. The van der Waals surface area contributed by atoms with Crippen molar-refractivity contribution in [2.24, 2.45) is 0 Å². The maximum absolute atomic E-state index is 13.4. The van der Waals surface area contributed by atoms with Crippen LogP contribution in [0.2, 0.25) is 5.02 Å². The molecule has 0 spiro atoms. The van der Waals surface area contributed by atoms with Gasteiger partial charge in [0.1, 0.15) is 5.75 Å². The molecule has 0 saturated carbocycles. The second-order valence-corrected chi connectivity index (χ2v) is 10.8. The number of piperidine rings is 1. The summed E-state index contributed by atoms with van der Waals surface area (Å²) < 4.78 is 44.0. The second-order valence-electron chi connectivity index (χ2n) is 10.4. The number of hydrogen-bond donors (Lipinski definition) is 2. The number of carbonyl (C=O) groups excluding carboxylic acids is 2. The Morgan fingerprint density at radius 2 is 1.74 bits per heavy atom. The highest BCUT2D eigenvalue weighted by atomic mass is 35.5. The van der Waals surface area contributed by atoms with Gasteiger partial charge in [-0.15, -0.1) is 13.2 Å². The molecule has 7 nitrogen and oxygen atoms in total. The number of H-pyrrole nitrogens is 1. The summed E-state index contributed by atoms with van der Waals surface area (Å²) >= 11 is 6.49. The normalized spacial score (nSPS) is 14.3. The number of alkyl halides is 3. The second kappa shape index (κ2) is 12.8. The van der Waals surface area contributed by atoms with E-state index in [1.54, 1.807) is 29.3 Å². The molecule has 222 valence electrons. The third-order valence-corrected chi connectivity index (χ3v) is 7.75. The van der Waals surface area contributed by atoms with Crippen molar-refractivity contribution in [3.05, 3.63) is 88.6 Å². The van der Waals surface area contributed by atoms with Crippen molar-refractivity contribution in [1.29, 1.82) is 5.26 Å². The monoisotopic (exact) mass is 608 g/mol. The van der Waals surface area contributed by atoms with E-state index in [9.17, 15) is 28.0 Å². The third-order valence-electron chi connectivity index (χ3n) is 7.44. The smallest absolute Gasteiger partial charge is 0.405 e. The molecule has 1 aromatic heterocycles. The van der Waals surface area contributed by atoms with Gasteiger partial charge in [-0.3, -0.25) is 9.59 Å². The Labute approximate surface area is 251 Å². The number of ether oxygens (including phenoxy) is 1. The van der Waals surface area contributed by atoms with E-state index < -0.39 is 24.1 Å². The molecule has 43 heavy (non-hydrogen) atoms. The molecule has 2 heterocycles. The van der Waals surface area contributed by atoms with Crippen molar-refractivity contribution in [2.75, 3.05) is 13.1 Å². The SMILES string of the molecule is N#CCC(Cc1c[nH]c2ccccc12)NC(=O)c1cc(-c2ccc(C(=O)N3CCCCC3)c(Cl)c2)ccc1OC(F)(F)F. The molecule has 1 aliphatic rings. The first-order valence-electron chi connectivity index (χ1n) is 13.8. The molecule has 0 aliphatic carbocycles. The Balaban J connectivity index is 1.42. The van der Waals surface area contributed by atoms with Crippen LogP contribution in [0, 0.1) is 11.3 Å². The van der Waals surface area contributed by atoms with E-state index in [1.807, 2.05) is 30.3 Å². The molecule has 5 rings (SSSR count). The zero-order valence-corrected chi connectivity index (χ0v) is 23.8. The van der Waals surface area contributed by atoms with Gasteiger partial charge < -0.3 is 19.9 Å². The number of nitriles is 1. The van der Waals surface area contributed by atoms with Gasteiger partial charge in [-0.2, -0.15) is 5.26 Å². The number of aromatic amines is 1. The van der Waals surface area contributed by atoms with Crippen molar-refractivity contribution >= 4 is 34.3 Å². The van der Waals surface area contributed by atoms with Crippen LogP contribution >= 0.6 is 11.6 Å². The minimum atomic E-state index is -5.04. The lowest BCUT2D eigenvalue weighted by molar-refractivity contribution is -0.274. The molecule has 1 aliphatic heterocycles. The van der Waals surface area contributed by atoms with Gasteiger partial charge in [-0.1, -0.05) is 41.9 Å². The Bertz CT molecular complexity index is 1690. The average Bonchev–Trinajstić information content (AvgIpc) is 3.39. The minimum Gasteiger partial charge on any atom is -0.405 e. The summed E-state index contributed by atoms with van der Waals surface area (Å²) in [6.07, 6.45) is -0.120. The van der Waals surface area contributed by atoms with Gasteiger partial charge in [0.25, 0.3) is 11.8 Å². The largest absolute Gasteiger partial charge is 0.573 e. The van der Waals surface area contributed by atoms with Crippen LogP contribution in [0.4, 0.5) is 13.2 Å². The molecular formula is C32H28ClF3N4O3. The molecule has 2 amide bonds. The molecule has 0 bridgehead atoms. The topological polar surface area (TPSA) is 98.2 Å². The number of benzene rings is 3. The van der Waals surface area contributed by atoms with Crippen LogP contribution < -0.4 is 10.1 Å². The van der Waals surface area contributed by atoms with Crippen LogP contribution in [0.1, 0.15) is 52.0 Å². The van der Waals surface area contributed by atoms with E-state index in [1.165, 1.54) is 12.1 Å². The molecule has 1 atom stereocenters. The number of carbonyl (C=O) groups is 2. The number of nitrogens with zero attached hydrogens (tertiary/aromatic N) is 2. The lowest BCUT2D eigenvalue weighted by atomic mass is 9.99. The Morgan fingerprint density at radius 3 is 2.47 bits per heavy atom. The van der Waals surface area contributed by atoms with Crippen molar-refractivity contribution in [1.82, 2.24) is 15.2 Å². The van der Waals surface area contributed by atoms with Crippen LogP contribution in [0.15, 0.2) is 66.9 Å². The summed E-state index contributed by atoms with van der Waals surface area (Å²) in [7, 11) is 0. The van der Waals surface area contributed by atoms with E-state index in [0.717, 1.165) is 41.8 Å². The summed E-state index contributed by atoms with van der Waals surface area (Å²) in [4.78, 5) is 31.3. The highest BCUT2D eigenvalue weighted by Gasteiger charge is 2.33. The van der Waals surface area contributed by atoms with Gasteiger partial charge in [0.2, 0.25) is 0 Å². The lowest BCUT2D eigenvalue weighted by Crippen LogP contribution is -2.36. The van der Waals surface area contributed by atoms with Crippen LogP contribution in [-0.2, 0) is 6.42 Å². The first-order valence-corrected chi connectivity index (χ1v) is 14.2. The molecule has 4 aromatic rings. The summed E-state index contributed by atoms with van der Waals surface area (Å²) in [6.45, 7) is 1.31. The van der Waals surface area contributed by atoms with E-state index >= 15 is 0 Å². The van der Waals surface area contributed by atoms with Crippen molar-refractivity contribution in [2.45, 2.75) is 44.5 Å². The number of likely N-dealkylation sites (tertiary alicyclic amines) is 1. The van der Waals surface area contributed by atoms with Crippen LogP contribution in [-0.4, -0.2) is 47.2 Å². The number of rotatable bonds is 8. The Morgan fingerprint density at radius 1 is 1.02 bits per heavy atom. The summed E-state index contributed by atoms with van der Waals surface area (Å²) in [6, 6.07) is 17.4. The molecule has 1 saturated heterocycles. The standard InChI is InChI=1S/C32H28ClF3N4O3/c33-27-18-21(8-10-25(27)31(42)40-14-4-1-5-15-40)20-9-11-29(43-32(34,35)36)26(17-20)30(41)39-23(12-13-37)16-22-19-38-28-7-3-2-6-24(22)28/h2-3,6-11,17-19,23,38H,1,4-5,12,14-16H2,(H,39,41). The van der Waals surface area contributed by atoms with E-state index in [0.29, 0.717) is 29.8 Å². The first kappa shape index (κ1) is 30.0. The Kier molecular flexibility index (Phi) is 8.92. The van der Waals surface area contributed by atoms with Gasteiger partial charge in [0.05, 0.1) is 28.6 Å². The maximum Gasteiger partial charge on any atom is 0.573 e. The van der Waals surface area contributed by atoms with Gasteiger partial charge in [-0.05, 0) is 72.7 Å². The van der Waals surface area contributed by atoms with Crippen molar-refractivity contribution in [3.63, 3.8) is 0 Å². The highest BCUT2D eigenvalue weighted by molar-refractivity contribution is 6.34. The fraction of sp³-hybridized carbons (Fsp3) is 0.281. The summed E-state index contributed by atoms with van der Waals surface area (Å²) in [5, 5.41) is 13.2. The molecule has 2 N–H and O–H groups in total. The molecule has 1 unspecified atom stereocenters. The van der Waals surface area contributed by atoms with E-state index in [2.05, 4.69) is 15.0 Å². The molecule has 11 heteroatoms. The predicted octanol–water partition coefficient (Wildman–Crippen LogP) is 7.27. The number of halogens is 4. The third kappa shape index (κ3) is 7.12. The molecule has 3 aromatic carbocycles. The van der Waals surface area contributed by atoms with Gasteiger partial charge in [0.15, 0.2) is 0 Å². The van der Waals surface area contributed by atoms with Crippen LogP contribution in [0.3, 0.4) is 0 Å². The summed E-state index contributed by atoms with van der Waals surface area (Å²) in [5.41, 5.74) is 2.60. The van der Waals surface area contributed by atoms with Gasteiger partial charge in [-0.25, -0.2) is 0 Å². The summed E-state index contributed by atoms with van der Waals surface area (Å²) in [5.74, 6) is -1.69. The van der Waals surface area contributed by atoms with Crippen molar-refractivity contribution < 1.29 is 27.5 Å². The predicted molar refractivity (Wildman–Crippen MR) is 157 cm³/mol. The van der Waals surface area contributed by atoms with E-state index in [4.69, 9.17) is 11.6 Å². The fourth-order valence-electron chi connectivity index (χ4n) is 5.35. The van der Waals surface area contributed by atoms with Crippen LogP contribution in [0.25, 0.3) is 22.0 Å². The molecule has 0 radical (unpaired) electrons. The quantitative estimate of drug-likeness (QED) is 0.220. The first-order chi connectivity index (χ1) is 20.6. The minimum absolute atomic E-state index is 0.0669. The lowest BCUT2D eigenvalue weighted by Gasteiger charge is -2.27. The average molecular weight is 609 g/mol. The highest BCUT2D eigenvalue weighted by Crippen LogP contribution is 2.33. The number of aromatic nitrogens is 1. The number of amides is 2. The molecule has 1 fully saturated rings. The maximum atomic E-state index is 13.4. The Hall–Kier alpha value is -4.49. The van der Waals surface area contributed by atoms with Gasteiger partial charge in [0, 0.05) is 36.2 Å². The molecular weight excluding hydrogens is 581 g/mol. The van der Waals surface area contributed by atoms with Crippen molar-refractivity contribution in [3.8, 4) is 22.9 Å². The zero-order chi connectivity index (χ0) is 30.6. The number of fused-ring (bicyclic) bond motifs is 1. The van der Waals surface area contributed by atoms with Crippen LogP contribution in [0.5, 0.6) is 5.75 Å². The fourth-order valence-corrected chi connectivity index (χ4v) is 5.61. The number of para-hydroxylation sites is 1. The van der Waals surface area contributed by atoms with Gasteiger partial charge >= 0.3 is 6.36 Å². The number of hydrogen-bond acceptors (Lipinski definition) is 4. The number of nitrogens with one attached hydrogen (secondary N) is 2. The van der Waals surface area contributed by atoms with E-state index in [-0.39, 0.29) is 29.3 Å².